The summed E-state index contributed by atoms with van der Waals surface area (Å²) in [6, 6.07) is 12.5. The Kier molecular flexibility index (Phi) is 7.29. The molecule has 0 unspecified atom stereocenters. The maximum atomic E-state index is 12.6. The largest absolute Gasteiger partial charge is 0.491 e. The molecule has 2 atom stereocenters. The van der Waals surface area contributed by atoms with Crippen LogP contribution in [0.5, 0.6) is 5.75 Å². The van der Waals surface area contributed by atoms with Gasteiger partial charge in [0.05, 0.1) is 17.9 Å². The van der Waals surface area contributed by atoms with Gasteiger partial charge in [-0.05, 0) is 62.2 Å². The van der Waals surface area contributed by atoms with Gasteiger partial charge in [0.15, 0.2) is 6.10 Å². The van der Waals surface area contributed by atoms with Crippen LogP contribution >= 0.6 is 0 Å². The van der Waals surface area contributed by atoms with Gasteiger partial charge in [-0.2, -0.15) is 0 Å². The summed E-state index contributed by atoms with van der Waals surface area (Å²) >= 11 is 0. The smallest absolute Gasteiger partial charge is 0.338 e. The summed E-state index contributed by atoms with van der Waals surface area (Å²) in [6.45, 7) is 2.64. The fourth-order valence-electron chi connectivity index (χ4n) is 3.11. The topological polar surface area (TPSA) is 108 Å². The van der Waals surface area contributed by atoms with Crippen LogP contribution in [0.3, 0.4) is 0 Å². The molecule has 31 heavy (non-hydrogen) atoms. The van der Waals surface area contributed by atoms with Crippen molar-refractivity contribution in [1.29, 1.82) is 0 Å². The number of ether oxygens (including phenoxy) is 3. The van der Waals surface area contributed by atoms with E-state index in [9.17, 15) is 18.0 Å². The molecular formula is C22H25NO7S. The number of carbonyl (C=O) groups excluding carboxylic acids is 2. The van der Waals surface area contributed by atoms with Gasteiger partial charge in [0.1, 0.15) is 12.4 Å². The van der Waals surface area contributed by atoms with E-state index in [0.29, 0.717) is 23.6 Å². The molecular weight excluding hydrogens is 422 g/mol. The number of anilines is 1. The van der Waals surface area contributed by atoms with E-state index < -0.39 is 27.9 Å². The summed E-state index contributed by atoms with van der Waals surface area (Å²) < 4.78 is 41.4. The van der Waals surface area contributed by atoms with E-state index in [1.807, 2.05) is 0 Å². The molecule has 0 aromatic heterocycles. The Morgan fingerprint density at radius 3 is 2.55 bits per heavy atom. The lowest BCUT2D eigenvalue weighted by molar-refractivity contribution is 0.0318. The van der Waals surface area contributed by atoms with E-state index in [1.54, 1.807) is 24.3 Å². The van der Waals surface area contributed by atoms with Crippen LogP contribution in [0.4, 0.5) is 5.69 Å². The Bertz CT molecular complexity index is 1030. The number of rotatable bonds is 9. The fraction of sp³-hybridized carbons (Fsp3) is 0.364. The van der Waals surface area contributed by atoms with E-state index in [4.69, 9.17) is 14.2 Å². The standard InChI is InChI=1S/C22H25NO7S/c1-15(21(24)16-8-10-18(11-9-16)23-31(2,26)27)30-22(25)17-5-3-6-19(13-17)29-14-20-7-4-12-28-20/h3,5-6,8-11,13,15,20,23H,4,7,12,14H2,1-2H3/t15-,20+/m0/s1. The molecule has 0 saturated carbocycles. The van der Waals surface area contributed by atoms with E-state index in [-0.39, 0.29) is 11.7 Å². The van der Waals surface area contributed by atoms with E-state index in [1.165, 1.54) is 31.2 Å². The van der Waals surface area contributed by atoms with Crippen LogP contribution < -0.4 is 9.46 Å². The summed E-state index contributed by atoms with van der Waals surface area (Å²) in [6.07, 6.45) is 2.05. The van der Waals surface area contributed by atoms with Crippen molar-refractivity contribution in [2.45, 2.75) is 32.0 Å². The van der Waals surface area contributed by atoms with Crippen LogP contribution in [0.2, 0.25) is 0 Å². The summed E-state index contributed by atoms with van der Waals surface area (Å²) in [5.41, 5.74) is 0.911. The first kappa shape index (κ1) is 22.8. The lowest BCUT2D eigenvalue weighted by Gasteiger charge is -2.14. The second kappa shape index (κ2) is 9.93. The van der Waals surface area contributed by atoms with Crippen LogP contribution in [0.25, 0.3) is 0 Å². The molecule has 0 amide bonds. The van der Waals surface area contributed by atoms with Crippen molar-refractivity contribution in [2.75, 3.05) is 24.2 Å². The number of carbonyl (C=O) groups is 2. The zero-order valence-electron chi connectivity index (χ0n) is 17.4. The number of sulfonamides is 1. The quantitative estimate of drug-likeness (QED) is 0.465. The van der Waals surface area contributed by atoms with Crippen molar-refractivity contribution in [2.24, 2.45) is 0 Å². The lowest BCUT2D eigenvalue weighted by Crippen LogP contribution is -2.24. The number of esters is 1. The summed E-state index contributed by atoms with van der Waals surface area (Å²) in [7, 11) is -3.41. The molecule has 0 bridgehead atoms. The normalized spacial score (nSPS) is 17.0. The second-order valence-electron chi connectivity index (χ2n) is 7.34. The summed E-state index contributed by atoms with van der Waals surface area (Å²) in [4.78, 5) is 25.1. The van der Waals surface area contributed by atoms with Crippen LogP contribution in [-0.2, 0) is 19.5 Å². The highest BCUT2D eigenvalue weighted by atomic mass is 32.2. The minimum atomic E-state index is -3.41. The molecule has 1 saturated heterocycles. The van der Waals surface area contributed by atoms with Crippen LogP contribution in [-0.4, -0.2) is 51.8 Å². The Balaban J connectivity index is 1.58. The van der Waals surface area contributed by atoms with Crippen LogP contribution in [0.15, 0.2) is 48.5 Å². The first-order valence-corrected chi connectivity index (χ1v) is 11.8. The molecule has 3 rings (SSSR count). The van der Waals surface area contributed by atoms with Crippen molar-refractivity contribution in [3.05, 3.63) is 59.7 Å². The molecule has 1 aliphatic rings. The monoisotopic (exact) mass is 447 g/mol. The number of ketones is 1. The van der Waals surface area contributed by atoms with Gasteiger partial charge in [0.2, 0.25) is 15.8 Å². The Labute approximate surface area is 181 Å². The maximum absolute atomic E-state index is 12.6. The van der Waals surface area contributed by atoms with Crippen molar-refractivity contribution >= 4 is 27.5 Å². The summed E-state index contributed by atoms with van der Waals surface area (Å²) in [5, 5.41) is 0. The van der Waals surface area contributed by atoms with Gasteiger partial charge in [0, 0.05) is 17.9 Å². The summed E-state index contributed by atoms with van der Waals surface area (Å²) in [5.74, 6) is -0.512. The highest BCUT2D eigenvalue weighted by Crippen LogP contribution is 2.19. The zero-order chi connectivity index (χ0) is 22.4. The van der Waals surface area contributed by atoms with Gasteiger partial charge in [-0.25, -0.2) is 13.2 Å². The third-order valence-corrected chi connectivity index (χ3v) is 5.26. The molecule has 9 heteroatoms. The Morgan fingerprint density at radius 2 is 1.90 bits per heavy atom. The molecule has 1 fully saturated rings. The lowest BCUT2D eigenvalue weighted by atomic mass is 10.1. The maximum Gasteiger partial charge on any atom is 0.338 e. The molecule has 8 nitrogen and oxygen atoms in total. The van der Waals surface area contributed by atoms with Gasteiger partial charge in [0.25, 0.3) is 0 Å². The van der Waals surface area contributed by atoms with Gasteiger partial charge >= 0.3 is 5.97 Å². The third kappa shape index (κ3) is 6.80. The molecule has 1 N–H and O–H groups in total. The first-order valence-electron chi connectivity index (χ1n) is 9.89. The average molecular weight is 448 g/mol. The van der Waals surface area contributed by atoms with Crippen molar-refractivity contribution in [1.82, 2.24) is 0 Å². The first-order chi connectivity index (χ1) is 14.7. The minimum Gasteiger partial charge on any atom is -0.491 e. The van der Waals surface area contributed by atoms with E-state index in [2.05, 4.69) is 4.72 Å². The molecule has 1 heterocycles. The minimum absolute atomic E-state index is 0.0623. The molecule has 0 aliphatic carbocycles. The highest BCUT2D eigenvalue weighted by Gasteiger charge is 2.21. The number of benzene rings is 2. The van der Waals surface area contributed by atoms with Gasteiger partial charge in [-0.3, -0.25) is 9.52 Å². The van der Waals surface area contributed by atoms with Gasteiger partial charge in [-0.1, -0.05) is 6.07 Å². The molecule has 2 aromatic carbocycles. The molecule has 0 spiro atoms. The third-order valence-electron chi connectivity index (χ3n) is 4.66. The van der Waals surface area contributed by atoms with Crippen LogP contribution in [0, 0.1) is 0 Å². The SMILES string of the molecule is C[C@H](OC(=O)c1cccc(OC[C@H]2CCCO2)c1)C(=O)c1ccc(NS(C)(=O)=O)cc1. The molecule has 2 aromatic rings. The van der Waals surface area contributed by atoms with Gasteiger partial charge in [-0.15, -0.1) is 0 Å². The Morgan fingerprint density at radius 1 is 1.16 bits per heavy atom. The van der Waals surface area contributed by atoms with Crippen molar-refractivity contribution in [3.63, 3.8) is 0 Å². The molecule has 1 aliphatic heterocycles. The van der Waals surface area contributed by atoms with E-state index >= 15 is 0 Å². The predicted octanol–water partition coefficient (Wildman–Crippen LogP) is 3.04. The Hall–Kier alpha value is -2.91. The molecule has 0 radical (unpaired) electrons. The highest BCUT2D eigenvalue weighted by molar-refractivity contribution is 7.92. The van der Waals surface area contributed by atoms with Crippen molar-refractivity contribution in [3.8, 4) is 5.75 Å². The fourth-order valence-corrected chi connectivity index (χ4v) is 3.68. The number of Topliss-reactive ketones (excluding diaryl/α,β-unsaturated/α-hetero) is 1. The second-order valence-corrected chi connectivity index (χ2v) is 9.09. The average Bonchev–Trinajstić information content (AvgIpc) is 3.25. The molecule has 166 valence electrons. The zero-order valence-corrected chi connectivity index (χ0v) is 18.2. The number of hydrogen-bond donors (Lipinski definition) is 1. The number of nitrogens with one attached hydrogen (secondary N) is 1. The number of hydrogen-bond acceptors (Lipinski definition) is 7. The van der Waals surface area contributed by atoms with Gasteiger partial charge < -0.3 is 14.2 Å². The predicted molar refractivity (Wildman–Crippen MR) is 115 cm³/mol. The van der Waals surface area contributed by atoms with E-state index in [0.717, 1.165) is 25.7 Å². The van der Waals surface area contributed by atoms with Crippen LogP contribution in [0.1, 0.15) is 40.5 Å². The van der Waals surface area contributed by atoms with Crippen molar-refractivity contribution < 1.29 is 32.2 Å².